The first-order chi connectivity index (χ1) is 14.4. The van der Waals surface area contributed by atoms with Gasteiger partial charge in [-0.25, -0.2) is 17.5 Å². The number of carbonyl (C=O) groups is 1. The molecule has 0 aromatic heterocycles. The van der Waals surface area contributed by atoms with E-state index in [1.807, 2.05) is 0 Å². The summed E-state index contributed by atoms with van der Waals surface area (Å²) in [5.74, 6) is 1.28. The number of carbonyl (C=O) groups excluding carboxylic acids is 1. The quantitative estimate of drug-likeness (QED) is 0.404. The molecule has 0 amide bonds. The molecule has 2 fully saturated rings. The Labute approximate surface area is 179 Å². The van der Waals surface area contributed by atoms with E-state index >= 15 is 0 Å². The lowest BCUT2D eigenvalue weighted by molar-refractivity contribution is -0.117. The molecule has 1 N–H and O–H groups in total. The van der Waals surface area contributed by atoms with Crippen LogP contribution in [0, 0.1) is 5.92 Å². The molecule has 0 aliphatic heterocycles. The normalized spacial score (nSPS) is 19.9. The van der Waals surface area contributed by atoms with E-state index in [4.69, 9.17) is 4.74 Å². The zero-order valence-electron chi connectivity index (χ0n) is 17.9. The van der Waals surface area contributed by atoms with Gasteiger partial charge in [-0.15, -0.1) is 0 Å². The summed E-state index contributed by atoms with van der Waals surface area (Å²) in [7, 11) is -3.39. The van der Waals surface area contributed by atoms with Crippen molar-refractivity contribution in [2.75, 3.05) is 19.8 Å². The number of hydrogen-bond donors (Lipinski definition) is 1. The van der Waals surface area contributed by atoms with Gasteiger partial charge in [0.25, 0.3) is 0 Å². The molecular weight excluding hydrogens is 405 g/mol. The Morgan fingerprint density at radius 3 is 2.67 bits per heavy atom. The number of ether oxygens (including phenoxy) is 1. The van der Waals surface area contributed by atoms with Crippen LogP contribution in [0.3, 0.4) is 0 Å². The van der Waals surface area contributed by atoms with Crippen molar-refractivity contribution in [1.82, 2.24) is 4.72 Å². The minimum absolute atomic E-state index is 0.0532. The monoisotopic (exact) mass is 439 g/mol. The van der Waals surface area contributed by atoms with E-state index in [0.717, 1.165) is 42.9 Å². The molecule has 0 aromatic rings. The number of ketones is 1. The highest BCUT2D eigenvalue weighted by Crippen LogP contribution is 2.37. The van der Waals surface area contributed by atoms with E-state index in [1.54, 1.807) is 6.08 Å². The van der Waals surface area contributed by atoms with E-state index in [0.29, 0.717) is 37.0 Å². The van der Waals surface area contributed by atoms with Crippen LogP contribution in [0.2, 0.25) is 0 Å². The second kappa shape index (κ2) is 10.7. The summed E-state index contributed by atoms with van der Waals surface area (Å²) >= 11 is 0. The van der Waals surface area contributed by atoms with Crippen LogP contribution in [0.4, 0.5) is 4.39 Å². The first-order valence-electron chi connectivity index (χ1n) is 11.2. The number of halogens is 1. The van der Waals surface area contributed by atoms with E-state index in [1.165, 1.54) is 12.8 Å². The van der Waals surface area contributed by atoms with Gasteiger partial charge in [0, 0.05) is 6.42 Å². The van der Waals surface area contributed by atoms with Crippen LogP contribution in [0.5, 0.6) is 0 Å². The molecule has 0 unspecified atom stereocenters. The fourth-order valence-electron chi connectivity index (χ4n) is 3.58. The van der Waals surface area contributed by atoms with E-state index in [-0.39, 0.29) is 24.0 Å². The lowest BCUT2D eigenvalue weighted by Crippen LogP contribution is -2.32. The molecule has 0 saturated heterocycles. The molecule has 3 aliphatic carbocycles. The second-order valence-electron chi connectivity index (χ2n) is 8.67. The number of nitrogens with one attached hydrogen (secondary N) is 1. The fraction of sp³-hybridized carbons (Fsp3) is 0.696. The topological polar surface area (TPSA) is 72.5 Å². The van der Waals surface area contributed by atoms with Gasteiger partial charge in [0.1, 0.15) is 12.4 Å². The summed E-state index contributed by atoms with van der Waals surface area (Å²) in [4.78, 5) is 12.4. The van der Waals surface area contributed by atoms with Crippen molar-refractivity contribution in [2.45, 2.75) is 76.4 Å². The molecule has 0 bridgehead atoms. The molecule has 0 radical (unpaired) electrons. The van der Waals surface area contributed by atoms with Crippen molar-refractivity contribution in [3.63, 3.8) is 0 Å². The Hall–Kier alpha value is -1.47. The maximum Gasteiger partial charge on any atom is 0.214 e. The standard InChI is InChI=1S/C23H34FNO4S/c1-2-3-12-29-23-14-20(15-24)19(9-8-18(23)7-6-17-4-5-17)13-21(26)16-25-30(27,28)22-10-11-22/h8,14,17,22,25H,2-7,9-13,15-16H2,1H3. The first kappa shape index (κ1) is 23.2. The Morgan fingerprint density at radius 2 is 2.03 bits per heavy atom. The fourth-order valence-corrected chi connectivity index (χ4v) is 4.93. The summed E-state index contributed by atoms with van der Waals surface area (Å²) in [6, 6.07) is 0. The smallest absolute Gasteiger partial charge is 0.214 e. The largest absolute Gasteiger partial charge is 0.493 e. The lowest BCUT2D eigenvalue weighted by atomic mass is 10.0. The van der Waals surface area contributed by atoms with Crippen molar-refractivity contribution in [3.8, 4) is 0 Å². The van der Waals surface area contributed by atoms with Gasteiger partial charge in [-0.3, -0.25) is 4.79 Å². The van der Waals surface area contributed by atoms with Crippen molar-refractivity contribution >= 4 is 15.8 Å². The van der Waals surface area contributed by atoms with Gasteiger partial charge in [-0.2, -0.15) is 0 Å². The van der Waals surface area contributed by atoms with Gasteiger partial charge < -0.3 is 4.74 Å². The number of allylic oxidation sites excluding steroid dienone is 5. The molecule has 7 heteroatoms. The minimum atomic E-state index is -3.39. The van der Waals surface area contributed by atoms with E-state index < -0.39 is 16.7 Å². The second-order valence-corrected chi connectivity index (χ2v) is 10.7. The van der Waals surface area contributed by atoms with Gasteiger partial charge in [-0.05, 0) is 61.7 Å². The number of rotatable bonds is 14. The highest BCUT2D eigenvalue weighted by Gasteiger charge is 2.35. The van der Waals surface area contributed by atoms with Gasteiger partial charge >= 0.3 is 0 Å². The van der Waals surface area contributed by atoms with Crippen LogP contribution >= 0.6 is 0 Å². The van der Waals surface area contributed by atoms with Gasteiger partial charge in [0.05, 0.1) is 18.4 Å². The molecule has 30 heavy (non-hydrogen) atoms. The van der Waals surface area contributed by atoms with E-state index in [2.05, 4.69) is 17.7 Å². The van der Waals surface area contributed by atoms with Crippen LogP contribution in [0.25, 0.3) is 0 Å². The summed E-state index contributed by atoms with van der Waals surface area (Å²) in [5.41, 5.74) is 2.30. The predicted octanol–water partition coefficient (Wildman–Crippen LogP) is 4.51. The highest BCUT2D eigenvalue weighted by atomic mass is 32.2. The van der Waals surface area contributed by atoms with E-state index in [9.17, 15) is 17.6 Å². The zero-order chi connectivity index (χ0) is 21.6. The lowest BCUT2D eigenvalue weighted by Gasteiger charge is -2.13. The summed E-state index contributed by atoms with van der Waals surface area (Å²) in [6.07, 6.45) is 12.2. The number of sulfonamides is 1. The average molecular weight is 440 g/mol. The summed E-state index contributed by atoms with van der Waals surface area (Å²) < 4.78 is 46.1. The number of alkyl halides is 1. The Bertz CT molecular complexity index is 820. The Balaban J connectivity index is 1.67. The number of hydrogen-bond acceptors (Lipinski definition) is 4. The molecule has 2 saturated carbocycles. The van der Waals surface area contributed by atoms with Crippen molar-refractivity contribution < 1.29 is 22.3 Å². The molecule has 0 aromatic carbocycles. The molecule has 0 spiro atoms. The molecule has 5 nitrogen and oxygen atoms in total. The molecule has 3 rings (SSSR count). The van der Waals surface area contributed by atoms with Crippen LogP contribution in [-0.2, 0) is 19.6 Å². The predicted molar refractivity (Wildman–Crippen MR) is 116 cm³/mol. The third kappa shape index (κ3) is 7.05. The third-order valence-electron chi connectivity index (χ3n) is 5.93. The number of unbranched alkanes of at least 4 members (excludes halogenated alkanes) is 1. The van der Waals surface area contributed by atoms with Crippen LogP contribution in [0.15, 0.2) is 34.6 Å². The zero-order valence-corrected chi connectivity index (χ0v) is 18.7. The molecular formula is C23H34FNO4S. The molecule has 168 valence electrons. The SMILES string of the molecule is CCCCOC1=CC(CF)=C(CC(=O)CNS(=O)(=O)C2CC2)CC=C1CCC1CC1. The van der Waals surface area contributed by atoms with Gasteiger partial charge in [-0.1, -0.05) is 37.8 Å². The first-order valence-corrected chi connectivity index (χ1v) is 12.8. The van der Waals surface area contributed by atoms with Crippen molar-refractivity contribution in [1.29, 1.82) is 0 Å². The van der Waals surface area contributed by atoms with Crippen LogP contribution in [-0.4, -0.2) is 39.3 Å². The van der Waals surface area contributed by atoms with Gasteiger partial charge in [0.15, 0.2) is 5.78 Å². The van der Waals surface area contributed by atoms with Gasteiger partial charge in [0.2, 0.25) is 10.0 Å². The Kier molecular flexibility index (Phi) is 8.28. The van der Waals surface area contributed by atoms with Crippen molar-refractivity contribution in [2.24, 2.45) is 5.92 Å². The maximum atomic E-state index is 13.9. The third-order valence-corrected chi connectivity index (χ3v) is 7.83. The average Bonchev–Trinajstić information content (AvgIpc) is 3.60. The molecule has 3 aliphatic rings. The highest BCUT2D eigenvalue weighted by molar-refractivity contribution is 7.90. The Morgan fingerprint density at radius 1 is 1.27 bits per heavy atom. The summed E-state index contributed by atoms with van der Waals surface area (Å²) in [5, 5.41) is -0.355. The van der Waals surface area contributed by atoms with Crippen LogP contribution in [0.1, 0.15) is 71.1 Å². The number of Topliss-reactive ketones (excluding diaryl/α,β-unsaturated/α-hetero) is 1. The van der Waals surface area contributed by atoms with Crippen LogP contribution < -0.4 is 4.72 Å². The molecule has 0 heterocycles. The maximum absolute atomic E-state index is 13.9. The summed E-state index contributed by atoms with van der Waals surface area (Å²) in [6.45, 7) is 1.80. The molecule has 0 atom stereocenters. The minimum Gasteiger partial charge on any atom is -0.493 e. The van der Waals surface area contributed by atoms with Crippen molar-refractivity contribution in [3.05, 3.63) is 34.6 Å².